The molecule has 1 amide bonds. The number of fused-ring (bicyclic) bond motifs is 1. The first-order valence-electron chi connectivity index (χ1n) is 6.94. The van der Waals surface area contributed by atoms with E-state index in [-0.39, 0.29) is 5.91 Å². The molecule has 1 unspecified atom stereocenters. The first-order valence-corrected chi connectivity index (χ1v) is 7.82. The Hall–Kier alpha value is -1.88. The second-order valence-electron chi connectivity index (χ2n) is 5.13. The van der Waals surface area contributed by atoms with Gasteiger partial charge in [0.15, 0.2) is 0 Å². The van der Waals surface area contributed by atoms with Crippen molar-refractivity contribution in [1.29, 1.82) is 0 Å². The molecule has 0 aliphatic heterocycles. The van der Waals surface area contributed by atoms with E-state index in [1.807, 2.05) is 12.1 Å². The van der Waals surface area contributed by atoms with Gasteiger partial charge in [-0.25, -0.2) is 4.79 Å². The molecule has 5 heteroatoms. The van der Waals surface area contributed by atoms with Gasteiger partial charge in [0.2, 0.25) is 5.91 Å². The molecule has 1 aromatic carbocycles. The first kappa shape index (κ1) is 15.5. The fraction of sp³-hybridized carbons (Fsp3) is 0.375. The number of rotatable bonds is 6. The smallest absolute Gasteiger partial charge is 0.326 e. The second-order valence-corrected chi connectivity index (χ2v) is 6.04. The number of aryl methyl sites for hydroxylation is 1. The minimum atomic E-state index is -0.977. The average molecular weight is 305 g/mol. The molecule has 0 radical (unpaired) electrons. The van der Waals surface area contributed by atoms with E-state index in [9.17, 15) is 9.59 Å². The number of carboxylic acids is 1. The highest BCUT2D eigenvalue weighted by molar-refractivity contribution is 7.17. The number of hydrogen-bond acceptors (Lipinski definition) is 3. The van der Waals surface area contributed by atoms with E-state index in [2.05, 4.69) is 17.5 Å². The Labute approximate surface area is 128 Å². The van der Waals surface area contributed by atoms with E-state index < -0.39 is 12.0 Å². The number of likely N-dealkylation sites (N-methyl/N-ethyl adjacent to an activating group) is 1. The first-order chi connectivity index (χ1) is 10.0. The summed E-state index contributed by atoms with van der Waals surface area (Å²) >= 11 is 1.71. The van der Waals surface area contributed by atoms with Crippen LogP contribution < -0.4 is 0 Å². The van der Waals surface area contributed by atoms with Crippen LogP contribution in [0.4, 0.5) is 0 Å². The molecule has 0 saturated heterocycles. The maximum Gasteiger partial charge on any atom is 0.326 e. The SMILES string of the molecule is CC(C(=O)O)N(C)C(=O)CCCc1csc2ccccc12. The predicted molar refractivity (Wildman–Crippen MR) is 84.6 cm³/mol. The van der Waals surface area contributed by atoms with Crippen molar-refractivity contribution in [3.8, 4) is 0 Å². The fourth-order valence-corrected chi connectivity index (χ4v) is 3.21. The number of thiophene rings is 1. The number of carbonyl (C=O) groups excluding carboxylic acids is 1. The van der Waals surface area contributed by atoms with E-state index in [1.54, 1.807) is 18.4 Å². The fourth-order valence-electron chi connectivity index (χ4n) is 2.21. The molecule has 0 saturated carbocycles. The van der Waals surface area contributed by atoms with Crippen molar-refractivity contribution in [3.63, 3.8) is 0 Å². The highest BCUT2D eigenvalue weighted by Gasteiger charge is 2.21. The standard InChI is InChI=1S/C16H19NO3S/c1-11(16(19)20)17(2)15(18)9-5-6-12-10-21-14-8-4-3-7-13(12)14/h3-4,7-8,10-11H,5-6,9H2,1-2H3,(H,19,20). The van der Waals surface area contributed by atoms with Crippen LogP contribution in [-0.2, 0) is 16.0 Å². The predicted octanol–water partition coefficient (Wildman–Crippen LogP) is 3.16. The largest absolute Gasteiger partial charge is 0.480 e. The molecule has 4 nitrogen and oxygen atoms in total. The third kappa shape index (κ3) is 3.61. The summed E-state index contributed by atoms with van der Waals surface area (Å²) in [6.07, 6.45) is 1.94. The monoisotopic (exact) mass is 305 g/mol. The molecule has 112 valence electrons. The highest BCUT2D eigenvalue weighted by atomic mass is 32.1. The lowest BCUT2D eigenvalue weighted by atomic mass is 10.1. The van der Waals surface area contributed by atoms with E-state index in [1.165, 1.54) is 27.5 Å². The van der Waals surface area contributed by atoms with Gasteiger partial charge in [-0.3, -0.25) is 4.79 Å². The van der Waals surface area contributed by atoms with E-state index >= 15 is 0 Å². The van der Waals surface area contributed by atoms with Gasteiger partial charge in [-0.2, -0.15) is 0 Å². The molecule has 2 aromatic rings. The third-order valence-corrected chi connectivity index (χ3v) is 4.74. The maximum atomic E-state index is 11.9. The molecule has 0 spiro atoms. The molecule has 0 bridgehead atoms. The lowest BCUT2D eigenvalue weighted by Crippen LogP contribution is -2.40. The van der Waals surface area contributed by atoms with Gasteiger partial charge in [0.05, 0.1) is 0 Å². The van der Waals surface area contributed by atoms with Crippen molar-refractivity contribution in [3.05, 3.63) is 35.2 Å². The van der Waals surface area contributed by atoms with Crippen molar-refractivity contribution in [2.75, 3.05) is 7.05 Å². The summed E-state index contributed by atoms with van der Waals surface area (Å²) in [4.78, 5) is 24.1. The van der Waals surface area contributed by atoms with Crippen LogP contribution in [-0.4, -0.2) is 35.0 Å². The lowest BCUT2D eigenvalue weighted by Gasteiger charge is -2.21. The number of amides is 1. The van der Waals surface area contributed by atoms with Crippen molar-refractivity contribution >= 4 is 33.3 Å². The highest BCUT2D eigenvalue weighted by Crippen LogP contribution is 2.26. The average Bonchev–Trinajstić information content (AvgIpc) is 2.89. The van der Waals surface area contributed by atoms with Crippen LogP contribution in [0.3, 0.4) is 0 Å². The van der Waals surface area contributed by atoms with Crippen molar-refractivity contribution in [1.82, 2.24) is 4.90 Å². The van der Waals surface area contributed by atoms with E-state index in [4.69, 9.17) is 5.11 Å². The van der Waals surface area contributed by atoms with Gasteiger partial charge >= 0.3 is 5.97 Å². The maximum absolute atomic E-state index is 11.9. The summed E-state index contributed by atoms with van der Waals surface area (Å²) in [6.45, 7) is 1.52. The van der Waals surface area contributed by atoms with E-state index in [0.717, 1.165) is 12.8 Å². The molecule has 0 fully saturated rings. The second kappa shape index (κ2) is 6.72. The summed E-state index contributed by atoms with van der Waals surface area (Å²) < 4.78 is 1.26. The summed E-state index contributed by atoms with van der Waals surface area (Å²) in [7, 11) is 1.54. The third-order valence-electron chi connectivity index (χ3n) is 3.73. The molecule has 1 N–H and O–H groups in total. The van der Waals surface area contributed by atoms with Gasteiger partial charge in [-0.1, -0.05) is 18.2 Å². The Morgan fingerprint density at radius 1 is 1.33 bits per heavy atom. The zero-order chi connectivity index (χ0) is 15.4. The van der Waals surface area contributed by atoms with Crippen molar-refractivity contribution in [2.45, 2.75) is 32.2 Å². The molecular weight excluding hydrogens is 286 g/mol. The number of benzene rings is 1. The molecule has 0 aliphatic carbocycles. The van der Waals surface area contributed by atoms with Crippen LogP contribution in [0, 0.1) is 0 Å². The zero-order valence-electron chi connectivity index (χ0n) is 12.2. The van der Waals surface area contributed by atoms with Crippen LogP contribution in [0.2, 0.25) is 0 Å². The molecule has 2 rings (SSSR count). The molecule has 1 aromatic heterocycles. The van der Waals surface area contributed by atoms with Crippen LogP contribution >= 0.6 is 11.3 Å². The topological polar surface area (TPSA) is 57.6 Å². The number of nitrogens with zero attached hydrogens (tertiary/aromatic N) is 1. The normalized spacial score (nSPS) is 12.3. The molecule has 21 heavy (non-hydrogen) atoms. The molecule has 1 heterocycles. The number of aliphatic carboxylic acids is 1. The Kier molecular flexibility index (Phi) is 4.96. The number of carboxylic acid groups (broad SMARTS) is 1. The lowest BCUT2D eigenvalue weighted by molar-refractivity contribution is -0.148. The minimum Gasteiger partial charge on any atom is -0.480 e. The molecule has 1 atom stereocenters. The minimum absolute atomic E-state index is 0.121. The summed E-state index contributed by atoms with van der Waals surface area (Å²) in [5.74, 6) is -1.10. The van der Waals surface area contributed by atoms with Crippen LogP contribution in [0.5, 0.6) is 0 Å². The Balaban J connectivity index is 1.89. The van der Waals surface area contributed by atoms with Crippen molar-refractivity contribution in [2.24, 2.45) is 0 Å². The van der Waals surface area contributed by atoms with Crippen LogP contribution in [0.25, 0.3) is 10.1 Å². The van der Waals surface area contributed by atoms with Gasteiger partial charge in [0, 0.05) is 18.2 Å². The van der Waals surface area contributed by atoms with Gasteiger partial charge in [-0.05, 0) is 42.2 Å². The Bertz CT molecular complexity index is 650. The van der Waals surface area contributed by atoms with Gasteiger partial charge in [0.25, 0.3) is 0 Å². The number of carbonyl (C=O) groups is 2. The molecule has 0 aliphatic rings. The summed E-state index contributed by atoms with van der Waals surface area (Å²) in [5, 5.41) is 12.3. The van der Waals surface area contributed by atoms with Crippen LogP contribution in [0.15, 0.2) is 29.6 Å². The van der Waals surface area contributed by atoms with Gasteiger partial charge in [0.1, 0.15) is 6.04 Å². The van der Waals surface area contributed by atoms with Crippen LogP contribution in [0.1, 0.15) is 25.3 Å². The zero-order valence-corrected chi connectivity index (χ0v) is 13.0. The van der Waals surface area contributed by atoms with Gasteiger partial charge in [-0.15, -0.1) is 11.3 Å². The molecular formula is C16H19NO3S. The summed E-state index contributed by atoms with van der Waals surface area (Å²) in [6, 6.07) is 7.46. The Morgan fingerprint density at radius 3 is 2.76 bits per heavy atom. The van der Waals surface area contributed by atoms with Gasteiger partial charge < -0.3 is 10.0 Å². The number of hydrogen-bond donors (Lipinski definition) is 1. The van der Waals surface area contributed by atoms with Crippen molar-refractivity contribution < 1.29 is 14.7 Å². The summed E-state index contributed by atoms with van der Waals surface area (Å²) in [5.41, 5.74) is 1.26. The quantitative estimate of drug-likeness (QED) is 0.892. The van der Waals surface area contributed by atoms with E-state index in [0.29, 0.717) is 6.42 Å². The Morgan fingerprint density at radius 2 is 2.05 bits per heavy atom.